The quantitative estimate of drug-likeness (QED) is 0.683. The van der Waals surface area contributed by atoms with Crippen molar-refractivity contribution in [1.82, 2.24) is 0 Å². The minimum absolute atomic E-state index is 0.282. The van der Waals surface area contributed by atoms with E-state index in [4.69, 9.17) is 10.6 Å². The Morgan fingerprint density at radius 1 is 1.12 bits per heavy atom. The van der Waals surface area contributed by atoms with Crippen LogP contribution in [0.5, 0.6) is 0 Å². The Hall–Kier alpha value is -2.17. The third-order valence-electron chi connectivity index (χ3n) is 6.73. The van der Waals surface area contributed by atoms with E-state index in [0.29, 0.717) is 12.0 Å². The van der Waals surface area contributed by atoms with Crippen molar-refractivity contribution < 1.29 is 14.4 Å². The second-order valence-electron chi connectivity index (χ2n) is 7.86. The maximum Gasteiger partial charge on any atom is 0.365 e. The zero-order valence-corrected chi connectivity index (χ0v) is 14.7. The van der Waals surface area contributed by atoms with Gasteiger partial charge in [-0.1, -0.05) is 43.6 Å². The minimum Gasteiger partial charge on any atom is -0.369 e. The highest BCUT2D eigenvalue weighted by Crippen LogP contribution is 2.70. The summed E-state index contributed by atoms with van der Waals surface area (Å²) in [4.78, 5) is 29.5. The van der Waals surface area contributed by atoms with Gasteiger partial charge in [0.25, 0.3) is 0 Å². The van der Waals surface area contributed by atoms with Crippen LogP contribution in [0.25, 0.3) is 0 Å². The molecule has 0 spiro atoms. The van der Waals surface area contributed by atoms with Gasteiger partial charge >= 0.3 is 5.97 Å². The van der Waals surface area contributed by atoms with Crippen molar-refractivity contribution in [2.45, 2.75) is 47.0 Å². The molecule has 0 aliphatic heterocycles. The summed E-state index contributed by atoms with van der Waals surface area (Å²) in [5.74, 6) is -0.772. The number of primary amides is 1. The molecular weight excluding hydrogens is 304 g/mol. The van der Waals surface area contributed by atoms with E-state index < -0.39 is 11.4 Å². The molecule has 128 valence electrons. The maximum atomic E-state index is 12.2. The van der Waals surface area contributed by atoms with Gasteiger partial charge in [-0.3, -0.25) is 4.79 Å². The van der Waals surface area contributed by atoms with Gasteiger partial charge in [-0.15, -0.1) is 0 Å². The minimum atomic E-state index is -0.600. The van der Waals surface area contributed by atoms with Crippen molar-refractivity contribution in [2.75, 3.05) is 0 Å². The van der Waals surface area contributed by atoms with Gasteiger partial charge in [-0.25, -0.2) is 4.79 Å². The first-order chi connectivity index (χ1) is 11.1. The van der Waals surface area contributed by atoms with Crippen molar-refractivity contribution in [3.63, 3.8) is 0 Å². The number of oxime groups is 1. The Kier molecular flexibility index (Phi) is 3.59. The standard InChI is InChI=1S/C19H24N2O3/c1-12-5-7-13(8-6-12)15(22)24-21-14-11-19(16(20)23)10-9-18(14,4)17(19,2)3/h5-8H,9-11H2,1-4H3,(H2,20,23). The molecule has 1 aromatic carbocycles. The predicted molar refractivity (Wildman–Crippen MR) is 91.4 cm³/mol. The third-order valence-corrected chi connectivity index (χ3v) is 6.73. The number of nitrogens with zero attached hydrogens (tertiary/aromatic N) is 1. The van der Waals surface area contributed by atoms with Gasteiger partial charge in [0.05, 0.1) is 16.7 Å². The molecule has 0 radical (unpaired) electrons. The van der Waals surface area contributed by atoms with E-state index in [1.54, 1.807) is 12.1 Å². The summed E-state index contributed by atoms with van der Waals surface area (Å²) >= 11 is 0. The fourth-order valence-electron chi connectivity index (χ4n) is 4.40. The predicted octanol–water partition coefficient (Wildman–Crippen LogP) is 3.21. The lowest BCUT2D eigenvalue weighted by atomic mass is 9.64. The van der Waals surface area contributed by atoms with Gasteiger partial charge in [0, 0.05) is 11.8 Å². The topological polar surface area (TPSA) is 81.8 Å². The zero-order chi connectivity index (χ0) is 17.8. The molecule has 3 rings (SSSR count). The molecule has 1 amide bonds. The number of aryl methyl sites for hydroxylation is 1. The average molecular weight is 328 g/mol. The van der Waals surface area contributed by atoms with Gasteiger partial charge in [-0.2, -0.15) is 0 Å². The van der Waals surface area contributed by atoms with E-state index >= 15 is 0 Å². The SMILES string of the molecule is Cc1ccc(C(=O)ON=C2CC3(C(N)=O)CCC2(C)C3(C)C)cc1. The molecule has 2 unspecified atom stereocenters. The Morgan fingerprint density at radius 3 is 2.29 bits per heavy atom. The number of nitrogens with two attached hydrogens (primary N) is 1. The van der Waals surface area contributed by atoms with Gasteiger partial charge in [0.2, 0.25) is 5.91 Å². The molecule has 2 fully saturated rings. The molecule has 2 aliphatic carbocycles. The largest absolute Gasteiger partial charge is 0.369 e. The van der Waals surface area contributed by atoms with Crippen molar-refractivity contribution in [3.8, 4) is 0 Å². The van der Waals surface area contributed by atoms with Crippen LogP contribution in [0.2, 0.25) is 0 Å². The van der Waals surface area contributed by atoms with Crippen LogP contribution in [-0.4, -0.2) is 17.6 Å². The number of carbonyl (C=O) groups is 2. The molecule has 24 heavy (non-hydrogen) atoms. The van der Waals surface area contributed by atoms with Crippen LogP contribution < -0.4 is 5.73 Å². The normalized spacial score (nSPS) is 32.1. The molecule has 5 heteroatoms. The summed E-state index contributed by atoms with van der Waals surface area (Å²) < 4.78 is 0. The van der Waals surface area contributed by atoms with E-state index in [1.165, 1.54) is 0 Å². The van der Waals surface area contributed by atoms with Crippen LogP contribution in [-0.2, 0) is 9.63 Å². The lowest BCUT2D eigenvalue weighted by molar-refractivity contribution is -0.132. The molecule has 2 atom stereocenters. The Labute approximate surface area is 142 Å². The Morgan fingerprint density at radius 2 is 1.75 bits per heavy atom. The number of benzene rings is 1. The van der Waals surface area contributed by atoms with Crippen LogP contribution in [0.1, 0.15) is 56.0 Å². The maximum absolute atomic E-state index is 12.2. The number of amides is 1. The monoisotopic (exact) mass is 328 g/mol. The Bertz CT molecular complexity index is 735. The van der Waals surface area contributed by atoms with E-state index in [0.717, 1.165) is 24.1 Å². The zero-order valence-electron chi connectivity index (χ0n) is 14.7. The highest BCUT2D eigenvalue weighted by Gasteiger charge is 2.71. The van der Waals surface area contributed by atoms with Crippen LogP contribution in [0.4, 0.5) is 0 Å². The van der Waals surface area contributed by atoms with Crippen molar-refractivity contribution in [3.05, 3.63) is 35.4 Å². The molecule has 2 N–H and O–H groups in total. The number of carbonyl (C=O) groups excluding carboxylic acids is 2. The first kappa shape index (κ1) is 16.7. The van der Waals surface area contributed by atoms with Crippen LogP contribution >= 0.6 is 0 Å². The van der Waals surface area contributed by atoms with E-state index in [-0.39, 0.29) is 16.7 Å². The van der Waals surface area contributed by atoms with Crippen LogP contribution in [0.3, 0.4) is 0 Å². The lowest BCUT2D eigenvalue weighted by Gasteiger charge is -2.38. The molecule has 0 aromatic heterocycles. The van der Waals surface area contributed by atoms with Gasteiger partial charge < -0.3 is 10.6 Å². The summed E-state index contributed by atoms with van der Waals surface area (Å²) in [6.07, 6.45) is 2.05. The molecule has 2 aliphatic rings. The highest BCUT2D eigenvalue weighted by atomic mass is 16.7. The number of fused-ring (bicyclic) bond motifs is 2. The van der Waals surface area contributed by atoms with Crippen LogP contribution in [0.15, 0.2) is 29.4 Å². The van der Waals surface area contributed by atoms with Crippen molar-refractivity contribution in [1.29, 1.82) is 0 Å². The van der Waals surface area contributed by atoms with Gasteiger partial charge in [0.1, 0.15) is 0 Å². The summed E-state index contributed by atoms with van der Waals surface area (Å²) in [5.41, 5.74) is 6.83. The second kappa shape index (κ2) is 5.16. The molecular formula is C19H24N2O3. The summed E-state index contributed by atoms with van der Waals surface area (Å²) in [5, 5.41) is 4.16. The smallest absolute Gasteiger partial charge is 0.365 e. The lowest BCUT2D eigenvalue weighted by Crippen LogP contribution is -2.44. The summed E-state index contributed by atoms with van der Waals surface area (Å²) in [6, 6.07) is 7.14. The number of hydrogen-bond donors (Lipinski definition) is 1. The van der Waals surface area contributed by atoms with E-state index in [2.05, 4.69) is 25.9 Å². The molecule has 2 saturated carbocycles. The molecule has 0 saturated heterocycles. The number of hydrogen-bond acceptors (Lipinski definition) is 4. The summed E-state index contributed by atoms with van der Waals surface area (Å²) in [7, 11) is 0. The van der Waals surface area contributed by atoms with Crippen molar-refractivity contribution >= 4 is 17.6 Å². The van der Waals surface area contributed by atoms with Gasteiger partial charge in [-0.05, 0) is 37.3 Å². The first-order valence-corrected chi connectivity index (χ1v) is 8.29. The van der Waals surface area contributed by atoms with E-state index in [1.807, 2.05) is 19.1 Å². The molecule has 2 bridgehead atoms. The fourth-order valence-corrected chi connectivity index (χ4v) is 4.40. The fraction of sp³-hybridized carbons (Fsp3) is 0.526. The third kappa shape index (κ3) is 2.03. The molecule has 5 nitrogen and oxygen atoms in total. The highest BCUT2D eigenvalue weighted by molar-refractivity contribution is 6.02. The average Bonchev–Trinajstić information content (AvgIpc) is 2.83. The van der Waals surface area contributed by atoms with E-state index in [9.17, 15) is 9.59 Å². The van der Waals surface area contributed by atoms with Gasteiger partial charge in [0.15, 0.2) is 0 Å². The Balaban J connectivity index is 1.86. The number of rotatable bonds is 3. The van der Waals surface area contributed by atoms with Crippen LogP contribution in [0, 0.1) is 23.2 Å². The van der Waals surface area contributed by atoms with Crippen molar-refractivity contribution in [2.24, 2.45) is 27.1 Å². The molecule has 0 heterocycles. The first-order valence-electron chi connectivity index (χ1n) is 8.29. The second-order valence-corrected chi connectivity index (χ2v) is 7.86. The summed E-state index contributed by atoms with van der Waals surface area (Å²) in [6.45, 7) is 8.17. The molecule has 1 aromatic rings.